The molecule has 4 rings (SSSR count). The first-order valence-corrected chi connectivity index (χ1v) is 10.8. The molecule has 6 heteroatoms. The van der Waals surface area contributed by atoms with Crippen LogP contribution in [0.4, 0.5) is 0 Å². The largest absolute Gasteiger partial charge is 0.454 e. The van der Waals surface area contributed by atoms with Gasteiger partial charge in [0.1, 0.15) is 0 Å². The van der Waals surface area contributed by atoms with E-state index in [-0.39, 0.29) is 36.7 Å². The smallest absolute Gasteiger partial charge is 0.231 e. The van der Waals surface area contributed by atoms with Gasteiger partial charge in [0.05, 0.1) is 0 Å². The van der Waals surface area contributed by atoms with Crippen molar-refractivity contribution in [1.82, 2.24) is 5.32 Å². The van der Waals surface area contributed by atoms with Gasteiger partial charge < -0.3 is 19.5 Å². The SMILES string of the molecule is Cc1ccc(C(=O)CCC(=O)NCC2(c3ccc4c(c3)OCO4)CCOCC2)cc1C. The van der Waals surface area contributed by atoms with Gasteiger partial charge in [0.2, 0.25) is 12.7 Å². The molecule has 0 saturated carbocycles. The summed E-state index contributed by atoms with van der Waals surface area (Å²) < 4.78 is 16.6. The predicted octanol–water partition coefficient (Wildman–Crippen LogP) is 3.86. The fraction of sp³-hybridized carbons (Fsp3) is 0.440. The van der Waals surface area contributed by atoms with E-state index in [1.54, 1.807) is 0 Å². The fourth-order valence-corrected chi connectivity index (χ4v) is 4.20. The summed E-state index contributed by atoms with van der Waals surface area (Å²) in [4.78, 5) is 25.1. The molecule has 0 radical (unpaired) electrons. The third kappa shape index (κ3) is 4.74. The van der Waals surface area contributed by atoms with E-state index in [2.05, 4.69) is 5.32 Å². The maximum absolute atomic E-state index is 12.6. The second kappa shape index (κ2) is 9.10. The second-order valence-electron chi connectivity index (χ2n) is 8.46. The lowest BCUT2D eigenvalue weighted by Crippen LogP contribution is -2.44. The Morgan fingerprint density at radius 2 is 1.71 bits per heavy atom. The Morgan fingerprint density at radius 3 is 2.48 bits per heavy atom. The number of hydrogen-bond donors (Lipinski definition) is 1. The van der Waals surface area contributed by atoms with Crippen LogP contribution in [0.5, 0.6) is 11.5 Å². The molecule has 0 bridgehead atoms. The highest BCUT2D eigenvalue weighted by atomic mass is 16.7. The minimum absolute atomic E-state index is 0.00481. The number of ether oxygens (including phenoxy) is 3. The van der Waals surface area contributed by atoms with E-state index in [0.717, 1.165) is 41.0 Å². The van der Waals surface area contributed by atoms with E-state index >= 15 is 0 Å². The van der Waals surface area contributed by atoms with Crippen LogP contribution in [0.1, 0.15) is 52.7 Å². The first-order valence-electron chi connectivity index (χ1n) is 10.8. The van der Waals surface area contributed by atoms with Crippen molar-refractivity contribution < 1.29 is 23.8 Å². The van der Waals surface area contributed by atoms with Crippen LogP contribution in [-0.2, 0) is 14.9 Å². The third-order valence-electron chi connectivity index (χ3n) is 6.47. The molecule has 0 atom stereocenters. The summed E-state index contributed by atoms with van der Waals surface area (Å²) >= 11 is 0. The monoisotopic (exact) mass is 423 g/mol. The Labute approximate surface area is 182 Å². The highest BCUT2D eigenvalue weighted by Crippen LogP contribution is 2.40. The molecule has 2 aromatic carbocycles. The molecule has 1 fully saturated rings. The number of Topliss-reactive ketones (excluding diaryl/α,β-unsaturated/α-hetero) is 1. The molecule has 1 N–H and O–H groups in total. The maximum atomic E-state index is 12.6. The number of rotatable bonds is 7. The normalized spacial score (nSPS) is 16.7. The van der Waals surface area contributed by atoms with E-state index < -0.39 is 0 Å². The molecule has 6 nitrogen and oxygen atoms in total. The second-order valence-corrected chi connectivity index (χ2v) is 8.46. The molecule has 164 valence electrons. The summed E-state index contributed by atoms with van der Waals surface area (Å²) in [5.41, 5.74) is 3.80. The Balaban J connectivity index is 1.37. The minimum atomic E-state index is -0.215. The van der Waals surface area contributed by atoms with Crippen LogP contribution in [0.15, 0.2) is 36.4 Å². The minimum Gasteiger partial charge on any atom is -0.454 e. The van der Waals surface area contributed by atoms with Gasteiger partial charge in [0.25, 0.3) is 0 Å². The average Bonchev–Trinajstić information content (AvgIpc) is 3.26. The summed E-state index contributed by atoms with van der Waals surface area (Å²) in [5, 5.41) is 3.07. The summed E-state index contributed by atoms with van der Waals surface area (Å²) in [7, 11) is 0. The molecule has 0 aromatic heterocycles. The van der Waals surface area contributed by atoms with Gasteiger partial charge in [-0.05, 0) is 61.6 Å². The standard InChI is InChI=1S/C25H29NO5/c1-17-3-4-19(13-18(17)2)21(27)6-8-24(28)26-15-25(9-11-29-12-10-25)20-5-7-22-23(14-20)31-16-30-22/h3-5,7,13-14H,6,8-12,15-16H2,1-2H3,(H,26,28). The lowest BCUT2D eigenvalue weighted by Gasteiger charge is -2.38. The number of ketones is 1. The highest BCUT2D eigenvalue weighted by Gasteiger charge is 2.36. The van der Waals surface area contributed by atoms with Crippen LogP contribution in [0, 0.1) is 13.8 Å². The van der Waals surface area contributed by atoms with Crippen LogP contribution < -0.4 is 14.8 Å². The van der Waals surface area contributed by atoms with Gasteiger partial charge in [0, 0.05) is 43.6 Å². The van der Waals surface area contributed by atoms with Crippen LogP contribution in [0.3, 0.4) is 0 Å². The zero-order valence-corrected chi connectivity index (χ0v) is 18.2. The van der Waals surface area contributed by atoms with Crippen molar-refractivity contribution in [3.63, 3.8) is 0 Å². The summed E-state index contributed by atoms with van der Waals surface area (Å²) in [6.07, 6.45) is 2.01. The lowest BCUT2D eigenvalue weighted by atomic mass is 9.74. The molecule has 1 amide bonds. The van der Waals surface area contributed by atoms with Gasteiger partial charge in [-0.15, -0.1) is 0 Å². The zero-order valence-electron chi connectivity index (χ0n) is 18.2. The van der Waals surface area contributed by atoms with Gasteiger partial charge in [-0.25, -0.2) is 0 Å². The Hall–Kier alpha value is -2.86. The van der Waals surface area contributed by atoms with E-state index in [0.29, 0.717) is 25.3 Å². The van der Waals surface area contributed by atoms with Crippen LogP contribution in [-0.4, -0.2) is 38.2 Å². The van der Waals surface area contributed by atoms with Crippen LogP contribution in [0.2, 0.25) is 0 Å². The van der Waals surface area contributed by atoms with Gasteiger partial charge in [0.15, 0.2) is 17.3 Å². The van der Waals surface area contributed by atoms with E-state index in [4.69, 9.17) is 14.2 Å². The van der Waals surface area contributed by atoms with Crippen molar-refractivity contribution in [2.24, 2.45) is 0 Å². The summed E-state index contributed by atoms with van der Waals surface area (Å²) in [6.45, 7) is 6.05. The molecular weight excluding hydrogens is 394 g/mol. The molecule has 2 aliphatic heterocycles. The Kier molecular flexibility index (Phi) is 6.28. The van der Waals surface area contributed by atoms with Gasteiger partial charge in [-0.3, -0.25) is 9.59 Å². The van der Waals surface area contributed by atoms with Crippen molar-refractivity contribution in [3.8, 4) is 11.5 Å². The quantitative estimate of drug-likeness (QED) is 0.685. The van der Waals surface area contributed by atoms with Gasteiger partial charge in [-0.2, -0.15) is 0 Å². The van der Waals surface area contributed by atoms with Crippen LogP contribution in [0.25, 0.3) is 0 Å². The molecule has 31 heavy (non-hydrogen) atoms. The molecular formula is C25H29NO5. The van der Waals surface area contributed by atoms with Crippen molar-refractivity contribution in [3.05, 3.63) is 58.7 Å². The molecule has 0 spiro atoms. The summed E-state index contributed by atoms with van der Waals surface area (Å²) in [5.74, 6) is 1.38. The first kappa shape index (κ1) is 21.4. The molecule has 1 saturated heterocycles. The zero-order chi connectivity index (χ0) is 21.8. The number of fused-ring (bicyclic) bond motifs is 1. The first-order chi connectivity index (χ1) is 15.0. The van der Waals surface area contributed by atoms with Gasteiger partial charge >= 0.3 is 0 Å². The molecule has 0 aliphatic carbocycles. The topological polar surface area (TPSA) is 73.9 Å². The number of carbonyl (C=O) groups excluding carboxylic acids is 2. The van der Waals surface area contributed by atoms with Crippen molar-refractivity contribution in [2.75, 3.05) is 26.6 Å². The number of benzene rings is 2. The number of aryl methyl sites for hydroxylation is 2. The number of amides is 1. The molecule has 0 unspecified atom stereocenters. The molecule has 2 aromatic rings. The Morgan fingerprint density at radius 1 is 0.935 bits per heavy atom. The van der Waals surface area contributed by atoms with Crippen molar-refractivity contribution in [2.45, 2.75) is 44.9 Å². The third-order valence-corrected chi connectivity index (χ3v) is 6.47. The van der Waals surface area contributed by atoms with Crippen LogP contribution >= 0.6 is 0 Å². The fourth-order valence-electron chi connectivity index (χ4n) is 4.20. The van der Waals surface area contributed by atoms with Crippen molar-refractivity contribution in [1.29, 1.82) is 0 Å². The number of hydrogen-bond acceptors (Lipinski definition) is 5. The summed E-state index contributed by atoms with van der Waals surface area (Å²) in [6, 6.07) is 11.7. The highest BCUT2D eigenvalue weighted by molar-refractivity contribution is 5.98. The Bertz CT molecular complexity index is 978. The van der Waals surface area contributed by atoms with E-state index in [1.165, 1.54) is 0 Å². The number of nitrogens with one attached hydrogen (secondary N) is 1. The maximum Gasteiger partial charge on any atom is 0.231 e. The van der Waals surface area contributed by atoms with Crippen molar-refractivity contribution >= 4 is 11.7 Å². The number of carbonyl (C=O) groups is 2. The molecule has 2 heterocycles. The predicted molar refractivity (Wildman–Crippen MR) is 117 cm³/mol. The average molecular weight is 424 g/mol. The lowest BCUT2D eigenvalue weighted by molar-refractivity contribution is -0.121. The van der Waals surface area contributed by atoms with Gasteiger partial charge in [-0.1, -0.05) is 18.2 Å². The van der Waals surface area contributed by atoms with E-state index in [1.807, 2.05) is 50.2 Å². The van der Waals surface area contributed by atoms with E-state index in [9.17, 15) is 9.59 Å². The molecule has 2 aliphatic rings.